The maximum Gasteiger partial charge on any atom is 0.0795 e. The predicted molar refractivity (Wildman–Crippen MR) is 66.2 cm³/mol. The Morgan fingerprint density at radius 1 is 1.53 bits per heavy atom. The molecule has 1 rings (SSSR count). The van der Waals surface area contributed by atoms with Crippen molar-refractivity contribution in [3.63, 3.8) is 0 Å². The van der Waals surface area contributed by atoms with Crippen molar-refractivity contribution in [1.29, 1.82) is 0 Å². The van der Waals surface area contributed by atoms with E-state index in [2.05, 4.69) is 41.5 Å². The summed E-state index contributed by atoms with van der Waals surface area (Å²) < 4.78 is 0. The molecule has 0 atom stereocenters. The molecule has 3 nitrogen and oxygen atoms in total. The number of rotatable bonds is 6. The summed E-state index contributed by atoms with van der Waals surface area (Å²) in [5.41, 5.74) is 3.37. The minimum atomic E-state index is 0.305. The third-order valence-corrected chi connectivity index (χ3v) is 2.90. The molecule has 0 aliphatic rings. The van der Waals surface area contributed by atoms with E-state index < -0.39 is 0 Å². The molecule has 1 N–H and O–H groups in total. The van der Waals surface area contributed by atoms with Crippen LogP contribution in [0.1, 0.15) is 19.5 Å². The number of nitrogens with zero attached hydrogens (tertiary/aromatic N) is 2. The molecule has 4 heteroatoms. The summed E-state index contributed by atoms with van der Waals surface area (Å²) in [5.74, 6) is 0. The van der Waals surface area contributed by atoms with Crippen LogP contribution in [0.2, 0.25) is 0 Å². The molecule has 1 aromatic rings. The van der Waals surface area contributed by atoms with Crippen LogP contribution in [0.4, 0.5) is 0 Å². The molecule has 0 unspecified atom stereocenters. The lowest BCUT2D eigenvalue weighted by atomic mass is 9.93. The summed E-state index contributed by atoms with van der Waals surface area (Å²) in [6, 6.07) is 0. The second-order valence-electron chi connectivity index (χ2n) is 4.85. The van der Waals surface area contributed by atoms with Gasteiger partial charge in [0.25, 0.3) is 0 Å². The number of nitrogens with one attached hydrogen (secondary N) is 1. The Morgan fingerprint density at radius 3 is 2.80 bits per heavy atom. The number of hydrogen-bond donors (Lipinski definition) is 1. The van der Waals surface area contributed by atoms with Gasteiger partial charge in [0.15, 0.2) is 0 Å². The Bertz CT molecular complexity index is 269. The summed E-state index contributed by atoms with van der Waals surface area (Å²) in [6.45, 7) is 7.61. The van der Waals surface area contributed by atoms with Crippen molar-refractivity contribution in [3.8, 4) is 0 Å². The van der Waals surface area contributed by atoms with Crippen LogP contribution in [0.5, 0.6) is 0 Å². The van der Waals surface area contributed by atoms with Crippen molar-refractivity contribution >= 4 is 11.3 Å². The van der Waals surface area contributed by atoms with E-state index in [9.17, 15) is 0 Å². The van der Waals surface area contributed by atoms with E-state index >= 15 is 0 Å². The van der Waals surface area contributed by atoms with Crippen molar-refractivity contribution in [2.75, 3.05) is 27.2 Å². The Hall–Kier alpha value is -0.450. The predicted octanol–water partition coefficient (Wildman–Crippen LogP) is 1.82. The quantitative estimate of drug-likeness (QED) is 0.803. The first-order valence-corrected chi connectivity index (χ1v) is 6.18. The zero-order valence-electron chi connectivity index (χ0n) is 10.1. The average molecular weight is 227 g/mol. The number of aromatic nitrogens is 1. The molecule has 0 aliphatic heterocycles. The molecular weight excluding hydrogens is 206 g/mol. The summed E-state index contributed by atoms with van der Waals surface area (Å²) >= 11 is 1.66. The zero-order chi connectivity index (χ0) is 11.3. The van der Waals surface area contributed by atoms with Crippen molar-refractivity contribution < 1.29 is 0 Å². The first kappa shape index (κ1) is 12.6. The van der Waals surface area contributed by atoms with Gasteiger partial charge in [0.2, 0.25) is 0 Å². The van der Waals surface area contributed by atoms with Crippen LogP contribution < -0.4 is 5.32 Å². The van der Waals surface area contributed by atoms with Gasteiger partial charge in [0, 0.05) is 25.0 Å². The molecule has 0 aliphatic carbocycles. The van der Waals surface area contributed by atoms with Gasteiger partial charge in [-0.15, -0.1) is 11.3 Å². The highest BCUT2D eigenvalue weighted by Crippen LogP contribution is 2.16. The molecular formula is C11H21N3S. The van der Waals surface area contributed by atoms with E-state index in [1.807, 2.05) is 12.6 Å². The second-order valence-corrected chi connectivity index (χ2v) is 5.57. The molecule has 0 saturated heterocycles. The molecule has 0 fully saturated rings. The van der Waals surface area contributed by atoms with E-state index in [1.165, 1.54) is 5.69 Å². The number of thiazole rings is 1. The van der Waals surface area contributed by atoms with Crippen LogP contribution in [-0.4, -0.2) is 37.1 Å². The molecule has 86 valence electrons. The smallest absolute Gasteiger partial charge is 0.0795 e. The molecule has 1 heterocycles. The standard InChI is InChI=1S/C11H21N3S/c1-11(2,7-12-3)8-14(4)5-10-6-15-9-13-10/h6,9,12H,5,7-8H2,1-4H3. The Morgan fingerprint density at radius 2 is 2.27 bits per heavy atom. The van der Waals surface area contributed by atoms with Crippen LogP contribution in [-0.2, 0) is 6.54 Å². The fourth-order valence-electron chi connectivity index (χ4n) is 1.91. The van der Waals surface area contributed by atoms with Gasteiger partial charge >= 0.3 is 0 Å². The molecule has 0 saturated carbocycles. The Balaban J connectivity index is 2.38. The Labute approximate surface area is 96.5 Å². The van der Waals surface area contributed by atoms with E-state index in [-0.39, 0.29) is 0 Å². The van der Waals surface area contributed by atoms with E-state index in [0.717, 1.165) is 19.6 Å². The van der Waals surface area contributed by atoms with E-state index in [1.54, 1.807) is 11.3 Å². The Kier molecular flexibility index (Phi) is 4.70. The van der Waals surface area contributed by atoms with Crippen molar-refractivity contribution in [2.45, 2.75) is 20.4 Å². The van der Waals surface area contributed by atoms with Crippen molar-refractivity contribution in [2.24, 2.45) is 5.41 Å². The lowest BCUT2D eigenvalue weighted by molar-refractivity contribution is 0.200. The molecule has 0 radical (unpaired) electrons. The first-order chi connectivity index (χ1) is 7.03. The second kappa shape index (κ2) is 5.58. The van der Waals surface area contributed by atoms with Crippen LogP contribution >= 0.6 is 11.3 Å². The highest BCUT2D eigenvalue weighted by atomic mass is 32.1. The van der Waals surface area contributed by atoms with Crippen LogP contribution in [0, 0.1) is 5.41 Å². The van der Waals surface area contributed by atoms with Gasteiger partial charge in [0.05, 0.1) is 11.2 Å². The van der Waals surface area contributed by atoms with E-state index in [0.29, 0.717) is 5.41 Å². The highest BCUT2D eigenvalue weighted by molar-refractivity contribution is 7.07. The first-order valence-electron chi connectivity index (χ1n) is 5.24. The van der Waals surface area contributed by atoms with Crippen molar-refractivity contribution in [3.05, 3.63) is 16.6 Å². The molecule has 0 aromatic carbocycles. The summed E-state index contributed by atoms with van der Waals surface area (Å²) in [7, 11) is 4.15. The highest BCUT2D eigenvalue weighted by Gasteiger charge is 2.19. The summed E-state index contributed by atoms with van der Waals surface area (Å²) in [5, 5.41) is 5.34. The monoisotopic (exact) mass is 227 g/mol. The maximum absolute atomic E-state index is 4.29. The fourth-order valence-corrected chi connectivity index (χ4v) is 2.46. The van der Waals surface area contributed by atoms with Gasteiger partial charge in [-0.2, -0.15) is 0 Å². The van der Waals surface area contributed by atoms with Gasteiger partial charge in [-0.1, -0.05) is 13.8 Å². The molecule has 0 spiro atoms. The van der Waals surface area contributed by atoms with Crippen molar-refractivity contribution in [1.82, 2.24) is 15.2 Å². The zero-order valence-corrected chi connectivity index (χ0v) is 10.9. The number of hydrogen-bond acceptors (Lipinski definition) is 4. The summed E-state index contributed by atoms with van der Waals surface area (Å²) in [4.78, 5) is 6.62. The van der Waals surface area contributed by atoms with Gasteiger partial charge in [0.1, 0.15) is 0 Å². The largest absolute Gasteiger partial charge is 0.319 e. The molecule has 0 bridgehead atoms. The molecule has 1 aromatic heterocycles. The van der Waals surface area contributed by atoms with Gasteiger partial charge < -0.3 is 5.32 Å². The van der Waals surface area contributed by atoms with Crippen LogP contribution in [0.15, 0.2) is 10.9 Å². The normalized spacial score (nSPS) is 12.3. The van der Waals surface area contributed by atoms with Gasteiger partial charge in [-0.25, -0.2) is 4.98 Å². The minimum absolute atomic E-state index is 0.305. The summed E-state index contributed by atoms with van der Waals surface area (Å²) in [6.07, 6.45) is 0. The molecule has 0 amide bonds. The fraction of sp³-hybridized carbons (Fsp3) is 0.727. The topological polar surface area (TPSA) is 28.2 Å². The van der Waals surface area contributed by atoms with E-state index in [4.69, 9.17) is 0 Å². The average Bonchev–Trinajstić information content (AvgIpc) is 2.54. The lowest BCUT2D eigenvalue weighted by Crippen LogP contribution is -2.37. The maximum atomic E-state index is 4.29. The minimum Gasteiger partial charge on any atom is -0.319 e. The molecule has 15 heavy (non-hydrogen) atoms. The van der Waals surface area contributed by atoms with Crippen LogP contribution in [0.25, 0.3) is 0 Å². The third-order valence-electron chi connectivity index (χ3n) is 2.27. The third kappa shape index (κ3) is 4.73. The van der Waals surface area contributed by atoms with Gasteiger partial charge in [-0.3, -0.25) is 4.90 Å². The van der Waals surface area contributed by atoms with Gasteiger partial charge in [-0.05, 0) is 19.5 Å². The van der Waals surface area contributed by atoms with Crippen LogP contribution in [0.3, 0.4) is 0 Å². The lowest BCUT2D eigenvalue weighted by Gasteiger charge is -2.29. The SMILES string of the molecule is CNCC(C)(C)CN(C)Cc1cscn1.